The Morgan fingerprint density at radius 2 is 2.23 bits per heavy atom. The summed E-state index contributed by atoms with van der Waals surface area (Å²) in [6.45, 7) is 0. The number of hydrogen-bond acceptors (Lipinski definition) is 2. The summed E-state index contributed by atoms with van der Waals surface area (Å²) in [4.78, 5) is 0. The van der Waals surface area contributed by atoms with Gasteiger partial charge in [0.15, 0.2) is 0 Å². The van der Waals surface area contributed by atoms with Crippen LogP contribution in [0.5, 0.6) is 0 Å². The van der Waals surface area contributed by atoms with Gasteiger partial charge in [-0.05, 0) is 29.6 Å². The summed E-state index contributed by atoms with van der Waals surface area (Å²) in [6, 6.07) is 7.64. The Balaban J connectivity index is 2.92. The lowest BCUT2D eigenvalue weighted by Gasteiger charge is -2.11. The summed E-state index contributed by atoms with van der Waals surface area (Å²) in [5, 5.41) is 11.6. The SMILES string of the molecule is N#CSC(CP)c1ccccc1Cl. The maximum atomic E-state index is 8.58. The van der Waals surface area contributed by atoms with E-state index >= 15 is 0 Å². The van der Waals surface area contributed by atoms with Crippen LogP contribution in [0, 0.1) is 10.7 Å². The van der Waals surface area contributed by atoms with Crippen LogP contribution >= 0.6 is 32.6 Å². The third kappa shape index (κ3) is 2.88. The molecule has 1 aromatic carbocycles. The van der Waals surface area contributed by atoms with Crippen LogP contribution in [0.2, 0.25) is 5.02 Å². The van der Waals surface area contributed by atoms with Crippen molar-refractivity contribution < 1.29 is 0 Å². The van der Waals surface area contributed by atoms with Gasteiger partial charge in [-0.15, -0.1) is 9.24 Å². The Hall–Kier alpha value is -0.220. The number of rotatable bonds is 3. The first-order chi connectivity index (χ1) is 6.29. The van der Waals surface area contributed by atoms with E-state index < -0.39 is 0 Å². The number of halogens is 1. The number of thioether (sulfide) groups is 1. The van der Waals surface area contributed by atoms with Crippen LogP contribution in [-0.2, 0) is 0 Å². The van der Waals surface area contributed by atoms with Gasteiger partial charge in [0.25, 0.3) is 0 Å². The molecule has 0 N–H and O–H groups in total. The lowest BCUT2D eigenvalue weighted by Crippen LogP contribution is -1.94. The molecule has 0 spiro atoms. The molecule has 0 aliphatic heterocycles. The second-order valence-electron chi connectivity index (χ2n) is 2.45. The van der Waals surface area contributed by atoms with Gasteiger partial charge in [0.1, 0.15) is 5.40 Å². The molecule has 0 radical (unpaired) electrons. The van der Waals surface area contributed by atoms with Crippen LogP contribution in [0.25, 0.3) is 0 Å². The molecule has 1 rings (SSSR count). The molecule has 1 nitrogen and oxygen atoms in total. The first-order valence-corrected chi connectivity index (χ1v) is 5.86. The van der Waals surface area contributed by atoms with E-state index in [4.69, 9.17) is 16.9 Å². The van der Waals surface area contributed by atoms with Gasteiger partial charge in [-0.2, -0.15) is 5.26 Å². The molecule has 0 saturated carbocycles. The Kier molecular flexibility index (Phi) is 4.59. The maximum absolute atomic E-state index is 8.58. The molecule has 0 heterocycles. The van der Waals surface area contributed by atoms with Crippen LogP contribution in [0.1, 0.15) is 10.8 Å². The third-order valence-corrected chi connectivity index (χ3v) is 3.65. The number of nitrogens with zero attached hydrogens (tertiary/aromatic N) is 1. The Labute approximate surface area is 89.7 Å². The summed E-state index contributed by atoms with van der Waals surface area (Å²) >= 11 is 7.25. The normalized spacial score (nSPS) is 12.1. The van der Waals surface area contributed by atoms with E-state index in [0.717, 1.165) is 16.7 Å². The number of benzene rings is 1. The Morgan fingerprint density at radius 1 is 1.54 bits per heavy atom. The third-order valence-electron chi connectivity index (χ3n) is 1.66. The minimum absolute atomic E-state index is 0.156. The van der Waals surface area contributed by atoms with Gasteiger partial charge in [-0.3, -0.25) is 0 Å². The molecule has 13 heavy (non-hydrogen) atoms. The van der Waals surface area contributed by atoms with Crippen molar-refractivity contribution >= 4 is 32.6 Å². The first-order valence-electron chi connectivity index (χ1n) is 3.78. The zero-order chi connectivity index (χ0) is 9.68. The van der Waals surface area contributed by atoms with Crippen LogP contribution in [0.4, 0.5) is 0 Å². The van der Waals surface area contributed by atoms with E-state index in [2.05, 4.69) is 14.6 Å². The van der Waals surface area contributed by atoms with Crippen molar-refractivity contribution in [2.75, 3.05) is 6.16 Å². The van der Waals surface area contributed by atoms with Gasteiger partial charge in [-0.1, -0.05) is 29.8 Å². The van der Waals surface area contributed by atoms with Gasteiger partial charge >= 0.3 is 0 Å². The van der Waals surface area contributed by atoms with Crippen LogP contribution in [0.15, 0.2) is 24.3 Å². The monoisotopic (exact) mass is 229 g/mol. The molecule has 0 saturated heterocycles. The van der Waals surface area contributed by atoms with Gasteiger partial charge in [0, 0.05) is 10.3 Å². The predicted octanol–water partition coefficient (Wildman–Crippen LogP) is 3.47. The van der Waals surface area contributed by atoms with Crippen molar-refractivity contribution in [2.24, 2.45) is 0 Å². The standard InChI is InChI=1S/C9H9ClNPS/c10-8-4-2-1-3-7(8)9(5-12)13-6-11/h1-4,9H,5,12H2. The predicted molar refractivity (Wildman–Crippen MR) is 62.0 cm³/mol. The molecule has 1 aromatic rings. The number of thiocyanates is 1. The summed E-state index contributed by atoms with van der Waals surface area (Å²) < 4.78 is 0. The van der Waals surface area contributed by atoms with E-state index in [1.807, 2.05) is 24.3 Å². The van der Waals surface area contributed by atoms with Gasteiger partial charge in [0.2, 0.25) is 0 Å². The Morgan fingerprint density at radius 3 is 2.77 bits per heavy atom. The maximum Gasteiger partial charge on any atom is 0.133 e. The molecular formula is C9H9ClNPS. The van der Waals surface area contributed by atoms with Crippen molar-refractivity contribution in [3.63, 3.8) is 0 Å². The van der Waals surface area contributed by atoms with E-state index in [0.29, 0.717) is 0 Å². The molecule has 2 unspecified atom stereocenters. The minimum atomic E-state index is 0.156. The van der Waals surface area contributed by atoms with Crippen molar-refractivity contribution in [1.29, 1.82) is 5.26 Å². The summed E-state index contributed by atoms with van der Waals surface area (Å²) in [5.41, 5.74) is 1.03. The van der Waals surface area contributed by atoms with Crippen LogP contribution < -0.4 is 0 Å². The molecule has 2 atom stereocenters. The van der Waals surface area contributed by atoms with E-state index in [-0.39, 0.29) is 5.25 Å². The van der Waals surface area contributed by atoms with Crippen LogP contribution in [-0.4, -0.2) is 6.16 Å². The molecule has 0 aliphatic carbocycles. The van der Waals surface area contributed by atoms with Crippen molar-refractivity contribution in [2.45, 2.75) is 5.25 Å². The zero-order valence-corrected chi connectivity index (χ0v) is 9.63. The van der Waals surface area contributed by atoms with E-state index in [1.165, 1.54) is 11.8 Å². The minimum Gasteiger partial charge on any atom is -0.185 e. The second kappa shape index (κ2) is 5.50. The molecule has 0 bridgehead atoms. The fraction of sp³-hybridized carbons (Fsp3) is 0.222. The van der Waals surface area contributed by atoms with Crippen molar-refractivity contribution in [3.05, 3.63) is 34.9 Å². The summed E-state index contributed by atoms with van der Waals surface area (Å²) in [7, 11) is 2.63. The quantitative estimate of drug-likeness (QED) is 0.585. The van der Waals surface area contributed by atoms with Crippen LogP contribution in [0.3, 0.4) is 0 Å². The molecule has 4 heteroatoms. The summed E-state index contributed by atoms with van der Waals surface area (Å²) in [5.74, 6) is 0. The van der Waals surface area contributed by atoms with Crippen molar-refractivity contribution in [3.8, 4) is 5.40 Å². The fourth-order valence-electron chi connectivity index (χ4n) is 1.04. The highest BCUT2D eigenvalue weighted by molar-refractivity contribution is 8.04. The topological polar surface area (TPSA) is 23.8 Å². The lowest BCUT2D eigenvalue weighted by atomic mass is 10.2. The average Bonchev–Trinajstić information content (AvgIpc) is 2.16. The largest absolute Gasteiger partial charge is 0.185 e. The lowest BCUT2D eigenvalue weighted by molar-refractivity contribution is 1.12. The summed E-state index contributed by atoms with van der Waals surface area (Å²) in [6.07, 6.45) is 0.835. The molecular weight excluding hydrogens is 221 g/mol. The fourth-order valence-corrected chi connectivity index (χ4v) is 2.47. The highest BCUT2D eigenvalue weighted by Gasteiger charge is 2.12. The smallest absolute Gasteiger partial charge is 0.133 e. The molecule has 0 fully saturated rings. The Bertz CT molecular complexity index is 324. The molecule has 0 aromatic heterocycles. The number of nitriles is 1. The highest BCUT2D eigenvalue weighted by Crippen LogP contribution is 2.34. The van der Waals surface area contributed by atoms with Crippen molar-refractivity contribution in [1.82, 2.24) is 0 Å². The highest BCUT2D eigenvalue weighted by atomic mass is 35.5. The zero-order valence-electron chi connectivity index (χ0n) is 6.90. The van der Waals surface area contributed by atoms with E-state index in [9.17, 15) is 0 Å². The van der Waals surface area contributed by atoms with E-state index in [1.54, 1.807) is 0 Å². The second-order valence-corrected chi connectivity index (χ2v) is 4.32. The molecule has 68 valence electrons. The first kappa shape index (κ1) is 10.9. The van der Waals surface area contributed by atoms with Gasteiger partial charge in [-0.25, -0.2) is 0 Å². The van der Waals surface area contributed by atoms with Gasteiger partial charge in [0.05, 0.1) is 0 Å². The van der Waals surface area contributed by atoms with Gasteiger partial charge < -0.3 is 0 Å². The molecule has 0 aliphatic rings. The number of hydrogen-bond donors (Lipinski definition) is 0. The molecule has 0 amide bonds. The average molecular weight is 230 g/mol.